The predicted molar refractivity (Wildman–Crippen MR) is 129 cm³/mol. The van der Waals surface area contributed by atoms with E-state index in [-0.39, 0.29) is 37.7 Å². The van der Waals surface area contributed by atoms with E-state index in [2.05, 4.69) is 0 Å². The van der Waals surface area contributed by atoms with Gasteiger partial charge in [0.15, 0.2) is 11.5 Å². The molecular weight excluding hydrogens is 464 g/mol. The lowest BCUT2D eigenvalue weighted by Gasteiger charge is -2.27. The Bertz CT molecular complexity index is 1210. The highest BCUT2D eigenvalue weighted by atomic mass is 16.7. The van der Waals surface area contributed by atoms with Crippen molar-refractivity contribution in [3.05, 3.63) is 71.7 Å². The van der Waals surface area contributed by atoms with Crippen LogP contribution in [0.4, 0.5) is 0 Å². The third-order valence-electron chi connectivity index (χ3n) is 6.24. The van der Waals surface area contributed by atoms with Crippen molar-refractivity contribution in [1.82, 2.24) is 9.80 Å². The number of ether oxygens (including phenoxy) is 4. The Labute approximate surface area is 209 Å². The first kappa shape index (κ1) is 23.6. The molecule has 0 saturated heterocycles. The van der Waals surface area contributed by atoms with Crippen molar-refractivity contribution in [1.29, 1.82) is 0 Å². The van der Waals surface area contributed by atoms with E-state index >= 15 is 0 Å². The third-order valence-corrected chi connectivity index (χ3v) is 6.24. The van der Waals surface area contributed by atoms with Crippen LogP contribution in [0.2, 0.25) is 0 Å². The van der Waals surface area contributed by atoms with E-state index in [1.165, 1.54) is 14.2 Å². The number of rotatable bonds is 10. The zero-order valence-corrected chi connectivity index (χ0v) is 20.3. The van der Waals surface area contributed by atoms with Crippen LogP contribution in [0.15, 0.2) is 59.2 Å². The Morgan fingerprint density at radius 3 is 2.36 bits per heavy atom. The largest absolute Gasteiger partial charge is 0.497 e. The van der Waals surface area contributed by atoms with Gasteiger partial charge in [-0.3, -0.25) is 9.59 Å². The molecule has 3 aromatic rings. The summed E-state index contributed by atoms with van der Waals surface area (Å²) in [4.78, 5) is 30.5. The average Bonchev–Trinajstić information content (AvgIpc) is 3.40. The molecule has 1 aliphatic heterocycles. The Balaban J connectivity index is 1.37. The molecule has 0 N–H and O–H groups in total. The quantitative estimate of drug-likeness (QED) is 0.425. The van der Waals surface area contributed by atoms with Gasteiger partial charge in [-0.1, -0.05) is 6.07 Å². The van der Waals surface area contributed by atoms with Gasteiger partial charge in [0.05, 0.1) is 27.0 Å². The van der Waals surface area contributed by atoms with Crippen molar-refractivity contribution in [3.8, 4) is 23.0 Å². The lowest BCUT2D eigenvalue weighted by molar-refractivity contribution is -0.133. The molecule has 1 aromatic heterocycles. The first-order chi connectivity index (χ1) is 17.5. The highest BCUT2D eigenvalue weighted by Crippen LogP contribution is 2.33. The first-order valence-electron chi connectivity index (χ1n) is 11.8. The summed E-state index contributed by atoms with van der Waals surface area (Å²) in [6, 6.07) is 14.3. The molecule has 2 aromatic carbocycles. The Morgan fingerprint density at radius 1 is 0.944 bits per heavy atom. The van der Waals surface area contributed by atoms with E-state index in [1.807, 2.05) is 24.3 Å². The molecule has 0 spiro atoms. The van der Waals surface area contributed by atoms with E-state index in [0.29, 0.717) is 40.9 Å². The summed E-state index contributed by atoms with van der Waals surface area (Å²) in [5.41, 5.74) is 1.31. The summed E-state index contributed by atoms with van der Waals surface area (Å²) in [7, 11) is 3.07. The summed E-state index contributed by atoms with van der Waals surface area (Å²) in [6.45, 7) is 0.742. The number of furan rings is 1. The molecular formula is C27H28N2O7. The summed E-state index contributed by atoms with van der Waals surface area (Å²) in [6.07, 6.45) is 3.30. The smallest absolute Gasteiger partial charge is 0.254 e. The number of benzene rings is 2. The molecule has 9 heteroatoms. The number of hydrogen-bond donors (Lipinski definition) is 0. The van der Waals surface area contributed by atoms with E-state index in [0.717, 1.165) is 18.4 Å². The fraction of sp³-hybridized carbons (Fsp3) is 0.333. The minimum atomic E-state index is -0.232. The van der Waals surface area contributed by atoms with Gasteiger partial charge in [0.25, 0.3) is 5.91 Å². The fourth-order valence-corrected chi connectivity index (χ4v) is 4.18. The van der Waals surface area contributed by atoms with Crippen LogP contribution in [-0.2, 0) is 17.9 Å². The number of hydrogen-bond acceptors (Lipinski definition) is 7. The second-order valence-corrected chi connectivity index (χ2v) is 8.78. The van der Waals surface area contributed by atoms with Gasteiger partial charge in [-0.2, -0.15) is 0 Å². The fourth-order valence-electron chi connectivity index (χ4n) is 4.18. The Morgan fingerprint density at radius 2 is 1.69 bits per heavy atom. The molecule has 0 unspecified atom stereocenters. The van der Waals surface area contributed by atoms with Crippen LogP contribution < -0.4 is 18.9 Å². The zero-order valence-electron chi connectivity index (χ0n) is 20.3. The first-order valence-corrected chi connectivity index (χ1v) is 11.8. The van der Waals surface area contributed by atoms with Crippen molar-refractivity contribution in [2.45, 2.75) is 32.0 Å². The summed E-state index contributed by atoms with van der Waals surface area (Å²) in [5, 5.41) is 0. The molecule has 1 fully saturated rings. The van der Waals surface area contributed by atoms with Crippen LogP contribution in [0.1, 0.15) is 34.5 Å². The molecule has 1 saturated carbocycles. The highest BCUT2D eigenvalue weighted by molar-refractivity contribution is 5.97. The number of amides is 2. The van der Waals surface area contributed by atoms with Crippen molar-refractivity contribution < 1.29 is 33.0 Å². The lowest BCUT2D eigenvalue weighted by atomic mass is 10.1. The number of nitrogens with zero attached hydrogens (tertiary/aromatic N) is 2. The summed E-state index contributed by atoms with van der Waals surface area (Å²) < 4.78 is 27.1. The summed E-state index contributed by atoms with van der Waals surface area (Å²) in [5.74, 6) is 2.61. The van der Waals surface area contributed by atoms with Gasteiger partial charge < -0.3 is 33.2 Å². The van der Waals surface area contributed by atoms with Gasteiger partial charge in [0.1, 0.15) is 23.8 Å². The second-order valence-electron chi connectivity index (χ2n) is 8.78. The van der Waals surface area contributed by atoms with Gasteiger partial charge in [0.2, 0.25) is 12.7 Å². The van der Waals surface area contributed by atoms with E-state index in [1.54, 1.807) is 40.3 Å². The lowest BCUT2D eigenvalue weighted by Crippen LogP contribution is -2.43. The Kier molecular flexibility index (Phi) is 6.71. The third kappa shape index (κ3) is 5.25. The zero-order chi connectivity index (χ0) is 25.1. The molecule has 2 amide bonds. The topological polar surface area (TPSA) is 90.7 Å². The maximum absolute atomic E-state index is 13.6. The summed E-state index contributed by atoms with van der Waals surface area (Å²) >= 11 is 0. The van der Waals surface area contributed by atoms with E-state index in [9.17, 15) is 9.59 Å². The second kappa shape index (κ2) is 10.2. The number of fused-ring (bicyclic) bond motifs is 1. The molecule has 188 valence electrons. The monoisotopic (exact) mass is 492 g/mol. The number of carbonyl (C=O) groups excluding carboxylic acids is 2. The number of carbonyl (C=O) groups is 2. The molecule has 0 atom stereocenters. The van der Waals surface area contributed by atoms with Gasteiger partial charge in [-0.05, 0) is 54.8 Å². The van der Waals surface area contributed by atoms with Gasteiger partial charge in [0, 0.05) is 24.2 Å². The Hall–Kier alpha value is -4.14. The van der Waals surface area contributed by atoms with Crippen LogP contribution in [0, 0.1) is 0 Å². The van der Waals surface area contributed by atoms with Crippen molar-refractivity contribution in [3.63, 3.8) is 0 Å². The molecule has 0 radical (unpaired) electrons. The van der Waals surface area contributed by atoms with Crippen molar-refractivity contribution in [2.75, 3.05) is 27.6 Å². The molecule has 0 bridgehead atoms. The molecule has 1 aliphatic carbocycles. The average molecular weight is 493 g/mol. The number of methoxy groups -OCH3 is 2. The molecule has 2 heterocycles. The highest BCUT2D eigenvalue weighted by Gasteiger charge is 2.36. The molecule has 5 rings (SSSR count). The van der Waals surface area contributed by atoms with Gasteiger partial charge in [-0.15, -0.1) is 0 Å². The SMILES string of the molecule is COc1cc(OC)cc(C(=O)N(CC(=O)N(Cc2ccc3c(c2)OCO3)Cc2ccco2)C2CC2)c1. The van der Waals surface area contributed by atoms with Crippen LogP contribution in [0.5, 0.6) is 23.0 Å². The predicted octanol–water partition coefficient (Wildman–Crippen LogP) is 3.86. The minimum Gasteiger partial charge on any atom is -0.497 e. The van der Waals surface area contributed by atoms with E-state index in [4.69, 9.17) is 23.4 Å². The minimum absolute atomic E-state index is 0.0228. The van der Waals surface area contributed by atoms with Crippen molar-refractivity contribution >= 4 is 11.8 Å². The van der Waals surface area contributed by atoms with Crippen LogP contribution in [-0.4, -0.2) is 55.2 Å². The maximum Gasteiger partial charge on any atom is 0.254 e. The van der Waals surface area contributed by atoms with E-state index < -0.39 is 0 Å². The normalized spacial score (nSPS) is 13.8. The van der Waals surface area contributed by atoms with Crippen molar-refractivity contribution in [2.24, 2.45) is 0 Å². The molecule has 9 nitrogen and oxygen atoms in total. The van der Waals surface area contributed by atoms with Crippen LogP contribution in [0.3, 0.4) is 0 Å². The maximum atomic E-state index is 13.6. The molecule has 36 heavy (non-hydrogen) atoms. The molecule has 2 aliphatic rings. The van der Waals surface area contributed by atoms with Gasteiger partial charge in [-0.25, -0.2) is 0 Å². The van der Waals surface area contributed by atoms with Crippen LogP contribution in [0.25, 0.3) is 0 Å². The van der Waals surface area contributed by atoms with Crippen LogP contribution >= 0.6 is 0 Å². The van der Waals surface area contributed by atoms with Gasteiger partial charge >= 0.3 is 0 Å². The standard InChI is InChI=1S/C27H28N2O7/c1-32-22-11-19(12-23(13-22)33-2)27(31)29(20-6-7-20)16-26(30)28(15-21-4-3-9-34-21)14-18-5-8-24-25(10-18)36-17-35-24/h3-5,8-13,20H,6-7,14-17H2,1-2H3.